The van der Waals surface area contributed by atoms with Crippen molar-refractivity contribution in [3.8, 4) is 0 Å². The Balaban J connectivity index is 2.11. The number of halogens is 1. The fourth-order valence-electron chi connectivity index (χ4n) is 2.16. The molecule has 102 valence electrons. The highest BCUT2D eigenvalue weighted by Gasteiger charge is 2.15. The van der Waals surface area contributed by atoms with Gasteiger partial charge in [-0.05, 0) is 37.3 Å². The minimum Gasteiger partial charge on any atom is -0.478 e. The van der Waals surface area contributed by atoms with Gasteiger partial charge in [-0.25, -0.2) is 9.78 Å². The van der Waals surface area contributed by atoms with E-state index in [0.717, 1.165) is 20.2 Å². The number of aromatic nitrogens is 2. The van der Waals surface area contributed by atoms with Gasteiger partial charge in [0, 0.05) is 4.88 Å². The molecular formula is C14H11ClN2O2S. The molecule has 1 aromatic carbocycles. The number of carboxylic acid groups (broad SMARTS) is 1. The number of aromatic carboxylic acids is 1. The van der Waals surface area contributed by atoms with Crippen LogP contribution in [0.4, 0.5) is 0 Å². The Morgan fingerprint density at radius 3 is 2.85 bits per heavy atom. The molecule has 20 heavy (non-hydrogen) atoms. The zero-order valence-electron chi connectivity index (χ0n) is 10.6. The number of benzene rings is 1. The van der Waals surface area contributed by atoms with E-state index in [4.69, 9.17) is 16.7 Å². The van der Waals surface area contributed by atoms with Crippen LogP contribution in [0.15, 0.2) is 36.7 Å². The van der Waals surface area contributed by atoms with Gasteiger partial charge in [0.05, 0.1) is 33.3 Å². The van der Waals surface area contributed by atoms with Crippen molar-refractivity contribution in [3.63, 3.8) is 0 Å². The Kier molecular flexibility index (Phi) is 3.23. The number of hydrogen-bond donors (Lipinski definition) is 1. The van der Waals surface area contributed by atoms with Crippen LogP contribution >= 0.6 is 22.9 Å². The van der Waals surface area contributed by atoms with Crippen molar-refractivity contribution in [3.05, 3.63) is 51.4 Å². The first-order chi connectivity index (χ1) is 9.56. The Morgan fingerprint density at radius 1 is 1.40 bits per heavy atom. The predicted molar refractivity (Wildman–Crippen MR) is 79.8 cm³/mol. The number of hydrogen-bond acceptors (Lipinski definition) is 3. The zero-order chi connectivity index (χ0) is 14.3. The van der Waals surface area contributed by atoms with Crippen LogP contribution in [0.25, 0.3) is 11.0 Å². The molecule has 0 fully saturated rings. The Labute approximate surface area is 124 Å². The lowest BCUT2D eigenvalue weighted by Gasteiger charge is -2.12. The average Bonchev–Trinajstić information content (AvgIpc) is 3.03. The van der Waals surface area contributed by atoms with Crippen LogP contribution in [0.5, 0.6) is 0 Å². The maximum atomic E-state index is 11.1. The monoisotopic (exact) mass is 306 g/mol. The first-order valence-electron chi connectivity index (χ1n) is 6.01. The SMILES string of the molecule is CC(c1ccc(Cl)s1)n1cnc2ccc(C(=O)O)cc21. The maximum absolute atomic E-state index is 11.1. The van der Waals surface area contributed by atoms with E-state index in [1.165, 1.54) is 11.3 Å². The van der Waals surface area contributed by atoms with Crippen molar-refractivity contribution in [2.24, 2.45) is 0 Å². The number of carbonyl (C=O) groups is 1. The van der Waals surface area contributed by atoms with Gasteiger partial charge in [0.2, 0.25) is 0 Å². The highest BCUT2D eigenvalue weighted by atomic mass is 35.5. The summed E-state index contributed by atoms with van der Waals surface area (Å²) in [5, 5.41) is 9.09. The molecule has 0 aliphatic rings. The van der Waals surface area contributed by atoms with Crippen LogP contribution in [-0.4, -0.2) is 20.6 Å². The number of fused-ring (bicyclic) bond motifs is 1. The average molecular weight is 307 g/mol. The smallest absolute Gasteiger partial charge is 0.335 e. The van der Waals surface area contributed by atoms with E-state index in [0.29, 0.717) is 0 Å². The number of nitrogens with zero attached hydrogens (tertiary/aromatic N) is 2. The molecule has 0 radical (unpaired) electrons. The molecule has 1 atom stereocenters. The molecule has 2 aromatic heterocycles. The second-order valence-corrected chi connectivity index (χ2v) is 6.22. The van der Waals surface area contributed by atoms with Gasteiger partial charge in [0.1, 0.15) is 0 Å². The highest BCUT2D eigenvalue weighted by molar-refractivity contribution is 7.16. The Hall–Kier alpha value is -1.85. The lowest BCUT2D eigenvalue weighted by Crippen LogP contribution is -2.04. The van der Waals surface area contributed by atoms with Gasteiger partial charge in [-0.1, -0.05) is 11.6 Å². The van der Waals surface area contributed by atoms with Crippen LogP contribution in [0.2, 0.25) is 4.34 Å². The summed E-state index contributed by atoms with van der Waals surface area (Å²) in [6.45, 7) is 2.04. The largest absolute Gasteiger partial charge is 0.478 e. The van der Waals surface area contributed by atoms with Crippen LogP contribution in [0, 0.1) is 0 Å². The summed E-state index contributed by atoms with van der Waals surface area (Å²) >= 11 is 7.48. The summed E-state index contributed by atoms with van der Waals surface area (Å²) in [5.74, 6) is -0.938. The van der Waals surface area contributed by atoms with Gasteiger partial charge in [0.15, 0.2) is 0 Å². The summed E-state index contributed by atoms with van der Waals surface area (Å²) in [6, 6.07) is 8.83. The summed E-state index contributed by atoms with van der Waals surface area (Å²) in [4.78, 5) is 16.5. The number of thiophene rings is 1. The van der Waals surface area contributed by atoms with E-state index in [-0.39, 0.29) is 11.6 Å². The lowest BCUT2D eigenvalue weighted by atomic mass is 10.2. The van der Waals surface area contributed by atoms with Gasteiger partial charge in [-0.2, -0.15) is 0 Å². The second kappa shape index (κ2) is 4.92. The number of rotatable bonds is 3. The molecule has 0 saturated carbocycles. The normalized spacial score (nSPS) is 12.7. The van der Waals surface area contributed by atoms with Gasteiger partial charge in [-0.3, -0.25) is 0 Å². The fraction of sp³-hybridized carbons (Fsp3) is 0.143. The maximum Gasteiger partial charge on any atom is 0.335 e. The summed E-state index contributed by atoms with van der Waals surface area (Å²) in [5.41, 5.74) is 1.85. The van der Waals surface area contributed by atoms with Crippen LogP contribution in [0.1, 0.15) is 28.2 Å². The number of imidazole rings is 1. The fourth-order valence-corrected chi connectivity index (χ4v) is 3.27. The third-order valence-corrected chi connectivity index (χ3v) is 4.65. The molecule has 4 nitrogen and oxygen atoms in total. The summed E-state index contributed by atoms with van der Waals surface area (Å²) in [6.07, 6.45) is 1.73. The third-order valence-electron chi connectivity index (χ3n) is 3.24. The van der Waals surface area contributed by atoms with Crippen LogP contribution in [-0.2, 0) is 0 Å². The van der Waals surface area contributed by atoms with Crippen molar-refractivity contribution in [1.82, 2.24) is 9.55 Å². The molecule has 2 heterocycles. The predicted octanol–water partition coefficient (Wildman–Crippen LogP) is 4.06. The Bertz CT molecular complexity index is 793. The third kappa shape index (κ3) is 2.19. The van der Waals surface area contributed by atoms with E-state index in [2.05, 4.69) is 4.98 Å². The van der Waals surface area contributed by atoms with Gasteiger partial charge < -0.3 is 9.67 Å². The zero-order valence-corrected chi connectivity index (χ0v) is 12.1. The lowest BCUT2D eigenvalue weighted by molar-refractivity contribution is 0.0697. The molecule has 0 bridgehead atoms. The summed E-state index contributed by atoms with van der Waals surface area (Å²) < 4.78 is 2.70. The molecular weight excluding hydrogens is 296 g/mol. The molecule has 0 aliphatic carbocycles. The topological polar surface area (TPSA) is 55.1 Å². The van der Waals surface area contributed by atoms with Crippen molar-refractivity contribution in [2.75, 3.05) is 0 Å². The Morgan fingerprint density at radius 2 is 2.20 bits per heavy atom. The first kappa shape index (κ1) is 13.1. The van der Waals surface area contributed by atoms with E-state index >= 15 is 0 Å². The molecule has 0 saturated heterocycles. The van der Waals surface area contributed by atoms with Crippen LogP contribution in [0.3, 0.4) is 0 Å². The van der Waals surface area contributed by atoms with Crippen molar-refractivity contribution in [2.45, 2.75) is 13.0 Å². The van der Waals surface area contributed by atoms with Crippen LogP contribution < -0.4 is 0 Å². The molecule has 0 aliphatic heterocycles. The quantitative estimate of drug-likeness (QED) is 0.794. The first-order valence-corrected chi connectivity index (χ1v) is 7.21. The summed E-state index contributed by atoms with van der Waals surface area (Å²) in [7, 11) is 0. The molecule has 0 amide bonds. The molecule has 3 aromatic rings. The standard InChI is InChI=1S/C14H11ClN2O2S/c1-8(12-4-5-13(15)20-12)17-7-16-10-3-2-9(14(18)19)6-11(10)17/h2-8H,1H3,(H,18,19). The number of carboxylic acids is 1. The van der Waals surface area contributed by atoms with E-state index < -0.39 is 5.97 Å². The van der Waals surface area contributed by atoms with Gasteiger partial charge in [-0.15, -0.1) is 11.3 Å². The molecule has 1 N–H and O–H groups in total. The van der Waals surface area contributed by atoms with Crippen molar-refractivity contribution < 1.29 is 9.90 Å². The van der Waals surface area contributed by atoms with Crippen molar-refractivity contribution >= 4 is 39.9 Å². The van der Waals surface area contributed by atoms with Gasteiger partial charge in [0.25, 0.3) is 0 Å². The second-order valence-electron chi connectivity index (χ2n) is 4.48. The minimum absolute atomic E-state index is 0.0570. The molecule has 6 heteroatoms. The van der Waals surface area contributed by atoms with E-state index in [1.54, 1.807) is 24.5 Å². The van der Waals surface area contributed by atoms with E-state index in [1.807, 2.05) is 23.6 Å². The highest BCUT2D eigenvalue weighted by Crippen LogP contribution is 2.31. The van der Waals surface area contributed by atoms with Gasteiger partial charge >= 0.3 is 5.97 Å². The van der Waals surface area contributed by atoms with Crippen molar-refractivity contribution in [1.29, 1.82) is 0 Å². The molecule has 0 spiro atoms. The molecule has 3 rings (SSSR count). The molecule has 1 unspecified atom stereocenters. The minimum atomic E-state index is -0.938. The van der Waals surface area contributed by atoms with E-state index in [9.17, 15) is 4.79 Å².